The number of hydrogen-bond donors (Lipinski definition) is 1. The average Bonchev–Trinajstić information content (AvgIpc) is 3.10. The van der Waals surface area contributed by atoms with Crippen molar-refractivity contribution in [3.8, 4) is 10.6 Å². The van der Waals surface area contributed by atoms with Gasteiger partial charge in [-0.25, -0.2) is 22.1 Å². The molecule has 1 amide bonds. The molecule has 0 atom stereocenters. The second kappa shape index (κ2) is 8.45. The van der Waals surface area contributed by atoms with Gasteiger partial charge in [0.15, 0.2) is 0 Å². The van der Waals surface area contributed by atoms with E-state index in [-0.39, 0.29) is 17.6 Å². The number of nitrogens with zero attached hydrogens (tertiary/aromatic N) is 2. The third-order valence-corrected chi connectivity index (χ3v) is 6.86. The molecule has 6 nitrogen and oxygen atoms in total. The van der Waals surface area contributed by atoms with Crippen LogP contribution in [0.3, 0.4) is 0 Å². The lowest BCUT2D eigenvalue weighted by atomic mass is 9.97. The topological polar surface area (TPSA) is 79.4 Å². The Morgan fingerprint density at radius 2 is 1.96 bits per heavy atom. The van der Waals surface area contributed by atoms with Crippen molar-refractivity contribution < 1.29 is 17.6 Å². The molecule has 1 fully saturated rings. The van der Waals surface area contributed by atoms with Crippen LogP contribution < -0.4 is 5.32 Å². The minimum absolute atomic E-state index is 0.0304. The van der Waals surface area contributed by atoms with Gasteiger partial charge in [0.05, 0.1) is 11.9 Å². The fourth-order valence-corrected chi connectivity index (χ4v) is 4.79. The van der Waals surface area contributed by atoms with Crippen LogP contribution in [0.25, 0.3) is 10.6 Å². The van der Waals surface area contributed by atoms with Gasteiger partial charge in [-0.2, -0.15) is 0 Å². The Hall–Kier alpha value is -1.84. The van der Waals surface area contributed by atoms with Gasteiger partial charge in [-0.1, -0.05) is 0 Å². The molecular formula is C18H22FN3O3S2. The van der Waals surface area contributed by atoms with Crippen LogP contribution in [0.4, 0.5) is 4.39 Å². The number of halogens is 1. The number of benzene rings is 1. The van der Waals surface area contributed by atoms with E-state index in [0.717, 1.165) is 16.3 Å². The number of aromatic nitrogens is 1. The van der Waals surface area contributed by atoms with Gasteiger partial charge >= 0.3 is 0 Å². The van der Waals surface area contributed by atoms with E-state index in [9.17, 15) is 17.6 Å². The molecule has 1 aliphatic heterocycles. The highest BCUT2D eigenvalue weighted by atomic mass is 32.2. The van der Waals surface area contributed by atoms with Gasteiger partial charge in [0.25, 0.3) is 0 Å². The van der Waals surface area contributed by atoms with Crippen LogP contribution in [0.1, 0.15) is 18.5 Å². The number of amides is 1. The fraction of sp³-hybridized carbons (Fsp3) is 0.444. The summed E-state index contributed by atoms with van der Waals surface area (Å²) in [6.45, 7) is 1.27. The number of thiazole rings is 1. The average molecular weight is 412 g/mol. The third-order valence-electron chi connectivity index (χ3n) is 4.62. The maximum Gasteiger partial charge on any atom is 0.223 e. The summed E-state index contributed by atoms with van der Waals surface area (Å²) < 4.78 is 37.4. The van der Waals surface area contributed by atoms with Crippen molar-refractivity contribution >= 4 is 27.3 Å². The first-order valence-electron chi connectivity index (χ1n) is 8.76. The first-order valence-corrected chi connectivity index (χ1v) is 11.5. The van der Waals surface area contributed by atoms with E-state index in [1.54, 1.807) is 12.1 Å². The summed E-state index contributed by atoms with van der Waals surface area (Å²) in [5.41, 5.74) is 1.75. The zero-order valence-electron chi connectivity index (χ0n) is 15.0. The maximum atomic E-state index is 13.0. The number of carbonyl (C=O) groups is 1. The van der Waals surface area contributed by atoms with Crippen LogP contribution in [0, 0.1) is 11.7 Å². The molecule has 1 aromatic carbocycles. The van der Waals surface area contributed by atoms with E-state index in [4.69, 9.17) is 0 Å². The van der Waals surface area contributed by atoms with Crippen molar-refractivity contribution in [3.05, 3.63) is 41.2 Å². The highest BCUT2D eigenvalue weighted by molar-refractivity contribution is 7.88. The van der Waals surface area contributed by atoms with Crippen LogP contribution in [-0.4, -0.2) is 49.5 Å². The lowest BCUT2D eigenvalue weighted by molar-refractivity contribution is -0.126. The molecule has 0 radical (unpaired) electrons. The smallest absolute Gasteiger partial charge is 0.223 e. The molecule has 1 N–H and O–H groups in total. The van der Waals surface area contributed by atoms with E-state index in [1.165, 1.54) is 34.0 Å². The van der Waals surface area contributed by atoms with Crippen LogP contribution in [-0.2, 0) is 21.2 Å². The van der Waals surface area contributed by atoms with Gasteiger partial charge < -0.3 is 5.32 Å². The lowest BCUT2D eigenvalue weighted by Crippen LogP contribution is -2.42. The van der Waals surface area contributed by atoms with Crippen molar-refractivity contribution in [1.29, 1.82) is 0 Å². The molecule has 3 rings (SSSR count). The minimum atomic E-state index is -3.18. The van der Waals surface area contributed by atoms with Gasteiger partial charge in [-0.3, -0.25) is 4.79 Å². The second-order valence-electron chi connectivity index (χ2n) is 6.63. The Morgan fingerprint density at radius 3 is 2.59 bits per heavy atom. The molecule has 1 saturated heterocycles. The van der Waals surface area contributed by atoms with Gasteiger partial charge in [0.1, 0.15) is 10.8 Å². The minimum Gasteiger partial charge on any atom is -0.355 e. The summed E-state index contributed by atoms with van der Waals surface area (Å²) in [5, 5.41) is 5.68. The number of hydrogen-bond acceptors (Lipinski definition) is 5. The quantitative estimate of drug-likeness (QED) is 0.791. The maximum absolute atomic E-state index is 13.0. The molecule has 2 aromatic rings. The van der Waals surface area contributed by atoms with Gasteiger partial charge in [-0.15, -0.1) is 11.3 Å². The first kappa shape index (κ1) is 19.9. The van der Waals surface area contributed by atoms with E-state index in [0.29, 0.717) is 38.9 Å². The molecule has 0 spiro atoms. The van der Waals surface area contributed by atoms with Crippen LogP contribution in [0.15, 0.2) is 29.6 Å². The molecular weight excluding hydrogens is 389 g/mol. The van der Waals surface area contributed by atoms with E-state index in [2.05, 4.69) is 10.3 Å². The second-order valence-corrected chi connectivity index (χ2v) is 9.47. The predicted octanol–water partition coefficient (Wildman–Crippen LogP) is 2.28. The molecule has 1 aromatic heterocycles. The van der Waals surface area contributed by atoms with Gasteiger partial charge in [0.2, 0.25) is 15.9 Å². The van der Waals surface area contributed by atoms with Crippen molar-refractivity contribution in [1.82, 2.24) is 14.6 Å². The summed E-state index contributed by atoms with van der Waals surface area (Å²) in [5.74, 6) is -0.453. The van der Waals surface area contributed by atoms with Crippen molar-refractivity contribution in [2.75, 3.05) is 25.9 Å². The summed E-state index contributed by atoms with van der Waals surface area (Å²) >= 11 is 1.49. The monoisotopic (exact) mass is 411 g/mol. The molecule has 0 bridgehead atoms. The van der Waals surface area contributed by atoms with Crippen LogP contribution in [0.5, 0.6) is 0 Å². The fourth-order valence-electron chi connectivity index (χ4n) is 3.05. The van der Waals surface area contributed by atoms with Crippen LogP contribution >= 0.6 is 11.3 Å². The normalized spacial score (nSPS) is 16.4. The molecule has 2 heterocycles. The standard InChI is InChI=1S/C18H22FN3O3S2/c1-27(24,25)22-10-7-13(8-11-22)17(23)20-9-6-16-12-26-18(21-16)14-2-4-15(19)5-3-14/h2-5,12-13H,6-11H2,1H3,(H,20,23). The predicted molar refractivity (Wildman–Crippen MR) is 103 cm³/mol. The Bertz CT molecular complexity index is 889. The number of nitrogens with one attached hydrogen (secondary N) is 1. The number of carbonyl (C=O) groups excluding carboxylic acids is 1. The molecule has 0 unspecified atom stereocenters. The number of piperidine rings is 1. The summed E-state index contributed by atoms with van der Waals surface area (Å²) in [6, 6.07) is 6.21. The highest BCUT2D eigenvalue weighted by Gasteiger charge is 2.28. The SMILES string of the molecule is CS(=O)(=O)N1CCC(C(=O)NCCc2csc(-c3ccc(F)cc3)n2)CC1. The van der Waals surface area contributed by atoms with E-state index < -0.39 is 10.0 Å². The Morgan fingerprint density at radius 1 is 1.30 bits per heavy atom. The Balaban J connectivity index is 1.45. The molecule has 9 heteroatoms. The van der Waals surface area contributed by atoms with E-state index in [1.807, 2.05) is 5.38 Å². The number of rotatable bonds is 6. The number of sulfonamides is 1. The largest absolute Gasteiger partial charge is 0.355 e. The summed E-state index contributed by atoms with van der Waals surface area (Å²) in [6.07, 6.45) is 2.90. The summed E-state index contributed by atoms with van der Waals surface area (Å²) in [7, 11) is -3.18. The van der Waals surface area contributed by atoms with Crippen molar-refractivity contribution in [2.24, 2.45) is 5.92 Å². The molecule has 146 valence electrons. The first-order chi connectivity index (χ1) is 12.8. The summed E-state index contributed by atoms with van der Waals surface area (Å²) in [4.78, 5) is 16.8. The van der Waals surface area contributed by atoms with Crippen molar-refractivity contribution in [3.63, 3.8) is 0 Å². The molecule has 0 aliphatic carbocycles. The Kier molecular flexibility index (Phi) is 6.23. The zero-order chi connectivity index (χ0) is 19.4. The zero-order valence-corrected chi connectivity index (χ0v) is 16.7. The third kappa shape index (κ3) is 5.33. The molecule has 27 heavy (non-hydrogen) atoms. The van der Waals surface area contributed by atoms with E-state index >= 15 is 0 Å². The molecule has 1 aliphatic rings. The highest BCUT2D eigenvalue weighted by Crippen LogP contribution is 2.24. The lowest BCUT2D eigenvalue weighted by Gasteiger charge is -2.29. The van der Waals surface area contributed by atoms with Crippen LogP contribution in [0.2, 0.25) is 0 Å². The Labute approximate surface area is 162 Å². The van der Waals surface area contributed by atoms with Gasteiger partial charge in [0, 0.05) is 42.9 Å². The molecule has 0 saturated carbocycles. The van der Waals surface area contributed by atoms with Gasteiger partial charge in [-0.05, 0) is 37.1 Å². The van der Waals surface area contributed by atoms with Crippen molar-refractivity contribution in [2.45, 2.75) is 19.3 Å².